The largest absolute Gasteiger partial charge is 0.368 e. The van der Waals surface area contributed by atoms with Crippen molar-refractivity contribution in [1.82, 2.24) is 8.75 Å². The highest BCUT2D eigenvalue weighted by Crippen LogP contribution is 2.31. The van der Waals surface area contributed by atoms with E-state index in [-0.39, 0.29) is 11.3 Å². The van der Waals surface area contributed by atoms with Crippen LogP contribution < -0.4 is 5.32 Å². The lowest BCUT2D eigenvalue weighted by molar-refractivity contribution is 0.583. The van der Waals surface area contributed by atoms with Gasteiger partial charge in [-0.3, -0.25) is 0 Å². The molecule has 1 aromatic heterocycles. The summed E-state index contributed by atoms with van der Waals surface area (Å²) in [6, 6.07) is 2.64. The van der Waals surface area contributed by atoms with E-state index in [1.165, 1.54) is 12.1 Å². The molecule has 1 N–H and O–H groups in total. The molecule has 2 rings (SSSR count). The molecule has 6 heteroatoms. The van der Waals surface area contributed by atoms with Gasteiger partial charge in [0.25, 0.3) is 0 Å². The minimum absolute atomic E-state index is 0.116. The Bertz CT molecular complexity index is 540. The smallest absolute Gasteiger partial charge is 0.168 e. The van der Waals surface area contributed by atoms with Gasteiger partial charge in [0, 0.05) is 6.54 Å². The third kappa shape index (κ3) is 2.12. The Morgan fingerprint density at radius 2 is 2.06 bits per heavy atom. The van der Waals surface area contributed by atoms with E-state index in [2.05, 4.69) is 14.1 Å². The highest BCUT2D eigenvalue weighted by molar-refractivity contribution is 6.99. The lowest BCUT2D eigenvalue weighted by atomic mass is 10.1. The molecule has 0 atom stereocenters. The van der Waals surface area contributed by atoms with Gasteiger partial charge in [0.1, 0.15) is 17.3 Å². The number of hydrogen-bond acceptors (Lipinski definition) is 4. The lowest BCUT2D eigenvalue weighted by Gasteiger charge is -2.06. The van der Waals surface area contributed by atoms with Crippen LogP contribution in [-0.4, -0.2) is 15.3 Å². The first-order chi connectivity index (χ1) is 8.15. The zero-order valence-electron chi connectivity index (χ0n) is 9.42. The average Bonchev–Trinajstić information content (AvgIpc) is 2.73. The van der Waals surface area contributed by atoms with E-state index in [9.17, 15) is 8.78 Å². The fourth-order valence-electron chi connectivity index (χ4n) is 1.51. The van der Waals surface area contributed by atoms with Gasteiger partial charge in [0.05, 0.1) is 17.3 Å². The second kappa shape index (κ2) is 4.75. The van der Waals surface area contributed by atoms with Gasteiger partial charge >= 0.3 is 0 Å². The van der Waals surface area contributed by atoms with Crippen molar-refractivity contribution < 1.29 is 8.78 Å². The standard InChI is InChI=1S/C11H11F2N3S/c1-3-14-11-10(15-17-16-11)8-7(12)5-4-6(2)9(8)13/h4-5H,3H2,1-2H3,(H,14,16). The third-order valence-electron chi connectivity index (χ3n) is 2.35. The van der Waals surface area contributed by atoms with Crippen LogP contribution in [0.2, 0.25) is 0 Å². The summed E-state index contributed by atoms with van der Waals surface area (Å²) in [6.45, 7) is 4.09. The number of halogens is 2. The first-order valence-electron chi connectivity index (χ1n) is 5.16. The van der Waals surface area contributed by atoms with Gasteiger partial charge in [0.15, 0.2) is 5.82 Å². The number of anilines is 1. The summed E-state index contributed by atoms with van der Waals surface area (Å²) in [5, 5.41) is 2.93. The number of aryl methyl sites for hydroxylation is 1. The molecular formula is C11H11F2N3S. The second-order valence-electron chi connectivity index (χ2n) is 3.55. The molecule has 1 heterocycles. The van der Waals surface area contributed by atoms with Crippen LogP contribution in [0.25, 0.3) is 11.3 Å². The van der Waals surface area contributed by atoms with Crippen molar-refractivity contribution in [1.29, 1.82) is 0 Å². The predicted molar refractivity (Wildman–Crippen MR) is 64.2 cm³/mol. The number of aromatic nitrogens is 2. The molecule has 90 valence electrons. The van der Waals surface area contributed by atoms with Crippen molar-refractivity contribution in [2.45, 2.75) is 13.8 Å². The fraction of sp³-hybridized carbons (Fsp3) is 0.273. The van der Waals surface area contributed by atoms with Gasteiger partial charge in [-0.15, -0.1) is 0 Å². The molecule has 0 saturated carbocycles. The molecule has 0 amide bonds. The Morgan fingerprint density at radius 3 is 2.76 bits per heavy atom. The summed E-state index contributed by atoms with van der Waals surface area (Å²) in [7, 11) is 0. The van der Waals surface area contributed by atoms with Crippen molar-refractivity contribution in [3.8, 4) is 11.3 Å². The van der Waals surface area contributed by atoms with Gasteiger partial charge in [-0.2, -0.15) is 8.75 Å². The molecule has 0 unspecified atom stereocenters. The molecule has 0 aliphatic carbocycles. The van der Waals surface area contributed by atoms with Crippen LogP contribution in [0.5, 0.6) is 0 Å². The van der Waals surface area contributed by atoms with E-state index in [1.54, 1.807) is 6.92 Å². The Hall–Kier alpha value is -1.56. The number of nitrogens with zero attached hydrogens (tertiary/aromatic N) is 2. The Labute approximate surface area is 102 Å². The number of benzene rings is 1. The minimum Gasteiger partial charge on any atom is -0.368 e. The van der Waals surface area contributed by atoms with Crippen molar-refractivity contribution in [2.24, 2.45) is 0 Å². The van der Waals surface area contributed by atoms with Crippen LogP contribution in [0.15, 0.2) is 12.1 Å². The van der Waals surface area contributed by atoms with Crippen LogP contribution in [-0.2, 0) is 0 Å². The average molecular weight is 255 g/mol. The molecule has 0 radical (unpaired) electrons. The van der Waals surface area contributed by atoms with Crippen LogP contribution in [0, 0.1) is 18.6 Å². The molecular weight excluding hydrogens is 244 g/mol. The predicted octanol–water partition coefficient (Wildman–Crippen LogP) is 3.22. The highest BCUT2D eigenvalue weighted by atomic mass is 32.1. The maximum atomic E-state index is 13.9. The Morgan fingerprint density at radius 1 is 1.29 bits per heavy atom. The SMILES string of the molecule is CCNc1nsnc1-c1c(F)ccc(C)c1F. The minimum atomic E-state index is -0.625. The second-order valence-corrected chi connectivity index (χ2v) is 4.07. The fourth-order valence-corrected chi connectivity index (χ4v) is 2.04. The lowest BCUT2D eigenvalue weighted by Crippen LogP contribution is -2.01. The first-order valence-corrected chi connectivity index (χ1v) is 5.89. The monoisotopic (exact) mass is 255 g/mol. The molecule has 1 aromatic carbocycles. The normalized spacial score (nSPS) is 10.6. The van der Waals surface area contributed by atoms with Gasteiger partial charge in [-0.05, 0) is 25.5 Å². The van der Waals surface area contributed by atoms with Crippen molar-refractivity contribution in [2.75, 3.05) is 11.9 Å². The summed E-state index contributed by atoms with van der Waals surface area (Å²) in [6.07, 6.45) is 0. The van der Waals surface area contributed by atoms with E-state index in [0.29, 0.717) is 17.9 Å². The van der Waals surface area contributed by atoms with Crippen molar-refractivity contribution >= 4 is 17.5 Å². The van der Waals surface area contributed by atoms with E-state index < -0.39 is 11.6 Å². The summed E-state index contributed by atoms with van der Waals surface area (Å²) in [4.78, 5) is 0. The van der Waals surface area contributed by atoms with E-state index >= 15 is 0 Å². The Kier molecular flexibility index (Phi) is 3.33. The molecule has 3 nitrogen and oxygen atoms in total. The summed E-state index contributed by atoms with van der Waals surface area (Å²) < 4.78 is 35.5. The van der Waals surface area contributed by atoms with Crippen molar-refractivity contribution in [3.63, 3.8) is 0 Å². The zero-order chi connectivity index (χ0) is 12.4. The topological polar surface area (TPSA) is 37.8 Å². The molecule has 0 spiro atoms. The van der Waals surface area contributed by atoms with Crippen LogP contribution in [0.3, 0.4) is 0 Å². The quantitative estimate of drug-likeness (QED) is 0.915. The van der Waals surface area contributed by atoms with Crippen LogP contribution in [0.1, 0.15) is 12.5 Å². The summed E-state index contributed by atoms with van der Waals surface area (Å²) >= 11 is 0.928. The van der Waals surface area contributed by atoms with E-state index in [0.717, 1.165) is 11.7 Å². The highest BCUT2D eigenvalue weighted by Gasteiger charge is 2.19. The number of rotatable bonds is 3. The van der Waals surface area contributed by atoms with Gasteiger partial charge < -0.3 is 5.32 Å². The van der Waals surface area contributed by atoms with E-state index in [1.807, 2.05) is 6.92 Å². The molecule has 0 fully saturated rings. The maximum Gasteiger partial charge on any atom is 0.168 e. The molecule has 0 aliphatic heterocycles. The van der Waals surface area contributed by atoms with Gasteiger partial charge in [-0.1, -0.05) is 6.07 Å². The maximum absolute atomic E-state index is 13.9. The summed E-state index contributed by atoms with van der Waals surface area (Å²) in [5.74, 6) is -0.794. The zero-order valence-corrected chi connectivity index (χ0v) is 10.2. The molecule has 2 aromatic rings. The van der Waals surface area contributed by atoms with Crippen LogP contribution in [0.4, 0.5) is 14.6 Å². The molecule has 0 bridgehead atoms. The van der Waals surface area contributed by atoms with Crippen molar-refractivity contribution in [3.05, 3.63) is 29.3 Å². The van der Waals surface area contributed by atoms with Crippen LogP contribution >= 0.6 is 11.7 Å². The summed E-state index contributed by atoms with van der Waals surface area (Å²) in [5.41, 5.74) is 0.502. The van der Waals surface area contributed by atoms with Gasteiger partial charge in [0.2, 0.25) is 0 Å². The first kappa shape index (κ1) is 11.9. The van der Waals surface area contributed by atoms with Gasteiger partial charge in [-0.25, -0.2) is 8.78 Å². The van der Waals surface area contributed by atoms with E-state index in [4.69, 9.17) is 0 Å². The number of hydrogen-bond donors (Lipinski definition) is 1. The third-order valence-corrected chi connectivity index (χ3v) is 2.88. The molecule has 17 heavy (non-hydrogen) atoms. The number of nitrogens with one attached hydrogen (secondary N) is 1. The molecule has 0 saturated heterocycles. The Balaban J connectivity index is 2.60. The molecule has 0 aliphatic rings.